The third-order valence-corrected chi connectivity index (χ3v) is 3.15. The van der Waals surface area contributed by atoms with Gasteiger partial charge >= 0.3 is 0 Å². The Morgan fingerprint density at radius 3 is 2.72 bits per heavy atom. The van der Waals surface area contributed by atoms with Crippen LogP contribution in [0.15, 0.2) is 39.7 Å². The number of aromatic nitrogens is 2. The maximum absolute atomic E-state index is 11.8. The molecule has 0 saturated heterocycles. The van der Waals surface area contributed by atoms with E-state index in [1.807, 2.05) is 13.0 Å². The molecule has 92 valence electrons. The molecule has 0 bridgehead atoms. The minimum atomic E-state index is -0.319. The van der Waals surface area contributed by atoms with Gasteiger partial charge < -0.3 is 10.3 Å². The van der Waals surface area contributed by atoms with E-state index in [9.17, 15) is 9.59 Å². The SMILES string of the molecule is Cc1nc(NC(=O)c2ccc(=O)[nH]c2)ccc1Br. The molecule has 0 atom stereocenters. The number of anilines is 1. The zero-order chi connectivity index (χ0) is 13.1. The third-order valence-electron chi connectivity index (χ3n) is 2.31. The quantitative estimate of drug-likeness (QED) is 0.892. The molecule has 0 aliphatic rings. The average molecular weight is 308 g/mol. The lowest BCUT2D eigenvalue weighted by Crippen LogP contribution is -2.15. The van der Waals surface area contributed by atoms with Gasteiger partial charge in [0.05, 0.1) is 11.3 Å². The number of pyridine rings is 2. The molecule has 2 aromatic heterocycles. The minimum Gasteiger partial charge on any atom is -0.328 e. The van der Waals surface area contributed by atoms with E-state index in [0.29, 0.717) is 11.4 Å². The summed E-state index contributed by atoms with van der Waals surface area (Å²) in [6, 6.07) is 6.26. The minimum absolute atomic E-state index is 0.246. The molecule has 0 unspecified atom stereocenters. The van der Waals surface area contributed by atoms with Crippen molar-refractivity contribution < 1.29 is 4.79 Å². The monoisotopic (exact) mass is 307 g/mol. The Kier molecular flexibility index (Phi) is 3.57. The first-order chi connectivity index (χ1) is 8.56. The molecule has 2 N–H and O–H groups in total. The Bertz CT molecular complexity index is 632. The van der Waals surface area contributed by atoms with Gasteiger partial charge in [-0.1, -0.05) is 0 Å². The summed E-state index contributed by atoms with van der Waals surface area (Å²) in [7, 11) is 0. The number of hydrogen-bond donors (Lipinski definition) is 2. The molecule has 0 fully saturated rings. The number of nitrogens with zero attached hydrogens (tertiary/aromatic N) is 1. The van der Waals surface area contributed by atoms with Crippen LogP contribution in [0.25, 0.3) is 0 Å². The molecule has 2 rings (SSSR count). The fraction of sp³-hybridized carbons (Fsp3) is 0.0833. The van der Waals surface area contributed by atoms with Crippen molar-refractivity contribution in [1.29, 1.82) is 0 Å². The number of carbonyl (C=O) groups excluding carboxylic acids is 1. The van der Waals surface area contributed by atoms with Gasteiger partial charge in [-0.25, -0.2) is 4.98 Å². The van der Waals surface area contributed by atoms with E-state index in [-0.39, 0.29) is 11.5 Å². The molecular weight excluding hydrogens is 298 g/mol. The lowest BCUT2D eigenvalue weighted by Gasteiger charge is -2.05. The van der Waals surface area contributed by atoms with Crippen molar-refractivity contribution in [3.05, 3.63) is 56.5 Å². The molecule has 6 heteroatoms. The topological polar surface area (TPSA) is 74.8 Å². The van der Waals surface area contributed by atoms with Gasteiger partial charge in [0.25, 0.3) is 5.91 Å². The van der Waals surface area contributed by atoms with Gasteiger partial charge in [0, 0.05) is 16.7 Å². The number of nitrogens with one attached hydrogen (secondary N) is 2. The van der Waals surface area contributed by atoms with E-state index in [1.54, 1.807) is 6.07 Å². The molecule has 2 heterocycles. The Morgan fingerprint density at radius 1 is 1.33 bits per heavy atom. The van der Waals surface area contributed by atoms with Crippen molar-refractivity contribution in [3.63, 3.8) is 0 Å². The lowest BCUT2D eigenvalue weighted by atomic mass is 10.2. The smallest absolute Gasteiger partial charge is 0.258 e. The molecule has 0 aliphatic heterocycles. The molecule has 2 aromatic rings. The number of aromatic amines is 1. The molecule has 5 nitrogen and oxygen atoms in total. The molecular formula is C12H10BrN3O2. The van der Waals surface area contributed by atoms with Crippen molar-refractivity contribution in [2.24, 2.45) is 0 Å². The van der Waals surface area contributed by atoms with Crippen LogP contribution in [-0.4, -0.2) is 15.9 Å². The van der Waals surface area contributed by atoms with Crippen LogP contribution in [-0.2, 0) is 0 Å². The van der Waals surface area contributed by atoms with Crippen LogP contribution in [0, 0.1) is 6.92 Å². The highest BCUT2D eigenvalue weighted by Gasteiger charge is 2.07. The van der Waals surface area contributed by atoms with Crippen LogP contribution < -0.4 is 10.9 Å². The van der Waals surface area contributed by atoms with Crippen molar-refractivity contribution >= 4 is 27.7 Å². The number of hydrogen-bond acceptors (Lipinski definition) is 3. The van der Waals surface area contributed by atoms with Crippen LogP contribution in [0.5, 0.6) is 0 Å². The van der Waals surface area contributed by atoms with Gasteiger partial charge in [0.1, 0.15) is 5.82 Å². The maximum atomic E-state index is 11.8. The maximum Gasteiger partial charge on any atom is 0.258 e. The molecule has 1 amide bonds. The van der Waals surface area contributed by atoms with E-state index in [0.717, 1.165) is 10.2 Å². The first-order valence-electron chi connectivity index (χ1n) is 5.19. The molecule has 0 radical (unpaired) electrons. The van der Waals surface area contributed by atoms with Crippen molar-refractivity contribution in [3.8, 4) is 0 Å². The average Bonchev–Trinajstić information content (AvgIpc) is 2.34. The summed E-state index contributed by atoms with van der Waals surface area (Å²) in [5.74, 6) is 0.146. The first-order valence-corrected chi connectivity index (χ1v) is 5.99. The summed E-state index contributed by atoms with van der Waals surface area (Å²) in [4.78, 5) is 29.4. The second-order valence-corrected chi connectivity index (χ2v) is 4.51. The fourth-order valence-electron chi connectivity index (χ4n) is 1.35. The summed E-state index contributed by atoms with van der Waals surface area (Å²) < 4.78 is 0.879. The van der Waals surface area contributed by atoms with Gasteiger partial charge in [-0.05, 0) is 41.1 Å². The van der Waals surface area contributed by atoms with Crippen LogP contribution in [0.3, 0.4) is 0 Å². The van der Waals surface area contributed by atoms with E-state index < -0.39 is 0 Å². The highest BCUT2D eigenvalue weighted by molar-refractivity contribution is 9.10. The number of aryl methyl sites for hydroxylation is 1. The lowest BCUT2D eigenvalue weighted by molar-refractivity contribution is 0.102. The predicted octanol–water partition coefficient (Wildman–Crippen LogP) is 2.09. The molecule has 0 aliphatic carbocycles. The zero-order valence-corrected chi connectivity index (χ0v) is 11.1. The van der Waals surface area contributed by atoms with E-state index in [4.69, 9.17) is 0 Å². The predicted molar refractivity (Wildman–Crippen MR) is 71.7 cm³/mol. The third kappa shape index (κ3) is 2.84. The van der Waals surface area contributed by atoms with Gasteiger partial charge in [-0.2, -0.15) is 0 Å². The first kappa shape index (κ1) is 12.5. The number of H-pyrrole nitrogens is 1. The summed E-state index contributed by atoms with van der Waals surface area (Å²) in [5.41, 5.74) is 0.912. The highest BCUT2D eigenvalue weighted by Crippen LogP contribution is 2.16. The van der Waals surface area contributed by atoms with E-state index in [1.165, 1.54) is 18.3 Å². The number of rotatable bonds is 2. The summed E-state index contributed by atoms with van der Waals surface area (Å²) in [5, 5.41) is 2.65. The largest absolute Gasteiger partial charge is 0.328 e. The Morgan fingerprint density at radius 2 is 2.11 bits per heavy atom. The summed E-state index contributed by atoms with van der Waals surface area (Å²) >= 11 is 3.33. The molecule has 0 spiro atoms. The van der Waals surface area contributed by atoms with Crippen LogP contribution in [0.4, 0.5) is 5.82 Å². The molecule has 0 aromatic carbocycles. The second kappa shape index (κ2) is 5.14. The van der Waals surface area contributed by atoms with Gasteiger partial charge in [-0.3, -0.25) is 9.59 Å². The van der Waals surface area contributed by atoms with Gasteiger partial charge in [0.15, 0.2) is 0 Å². The summed E-state index contributed by atoms with van der Waals surface area (Å²) in [6.07, 6.45) is 1.36. The Balaban J connectivity index is 2.18. The molecule has 0 saturated carbocycles. The van der Waals surface area contributed by atoms with E-state index >= 15 is 0 Å². The zero-order valence-electron chi connectivity index (χ0n) is 9.53. The summed E-state index contributed by atoms with van der Waals surface area (Å²) in [6.45, 7) is 1.83. The van der Waals surface area contributed by atoms with Crippen LogP contribution >= 0.6 is 15.9 Å². The van der Waals surface area contributed by atoms with Gasteiger partial charge in [0.2, 0.25) is 5.56 Å². The second-order valence-electron chi connectivity index (χ2n) is 3.66. The van der Waals surface area contributed by atoms with Crippen molar-refractivity contribution in [1.82, 2.24) is 9.97 Å². The van der Waals surface area contributed by atoms with E-state index in [2.05, 4.69) is 31.2 Å². The standard InChI is InChI=1S/C12H10BrN3O2/c1-7-9(13)3-4-10(15-7)16-12(18)8-2-5-11(17)14-6-8/h2-6H,1H3,(H,14,17)(H,15,16,18). The number of carbonyl (C=O) groups is 1. The number of halogens is 1. The van der Waals surface area contributed by atoms with Gasteiger partial charge in [-0.15, -0.1) is 0 Å². The van der Waals surface area contributed by atoms with Crippen LogP contribution in [0.1, 0.15) is 16.1 Å². The van der Waals surface area contributed by atoms with Crippen molar-refractivity contribution in [2.75, 3.05) is 5.32 Å². The Hall–Kier alpha value is -1.95. The normalized spacial score (nSPS) is 10.1. The highest BCUT2D eigenvalue weighted by atomic mass is 79.9. The number of amides is 1. The Labute approximate surface area is 111 Å². The van der Waals surface area contributed by atoms with Crippen LogP contribution in [0.2, 0.25) is 0 Å². The molecule has 18 heavy (non-hydrogen) atoms. The van der Waals surface area contributed by atoms with Crippen molar-refractivity contribution in [2.45, 2.75) is 6.92 Å². The fourth-order valence-corrected chi connectivity index (χ4v) is 1.57.